The predicted octanol–water partition coefficient (Wildman–Crippen LogP) is 3.71. The van der Waals surface area contributed by atoms with Crippen molar-refractivity contribution in [2.45, 2.75) is 33.2 Å². The maximum Gasteiger partial charge on any atom is 0.225 e. The van der Waals surface area contributed by atoms with Crippen molar-refractivity contribution in [2.24, 2.45) is 0 Å². The zero-order chi connectivity index (χ0) is 19.4. The first kappa shape index (κ1) is 19.2. The number of ether oxygens (including phenoxy) is 2. The molecule has 0 fully saturated rings. The van der Waals surface area contributed by atoms with Gasteiger partial charge in [0.2, 0.25) is 5.91 Å². The van der Waals surface area contributed by atoms with E-state index in [1.54, 1.807) is 14.2 Å². The van der Waals surface area contributed by atoms with Crippen molar-refractivity contribution in [1.29, 1.82) is 0 Å². The molecule has 0 aliphatic carbocycles. The van der Waals surface area contributed by atoms with Crippen LogP contribution in [0.15, 0.2) is 30.3 Å². The van der Waals surface area contributed by atoms with Crippen molar-refractivity contribution in [3.8, 4) is 11.5 Å². The van der Waals surface area contributed by atoms with E-state index in [4.69, 9.17) is 9.47 Å². The second kappa shape index (κ2) is 8.44. The van der Waals surface area contributed by atoms with Crippen LogP contribution in [0.25, 0.3) is 0 Å². The summed E-state index contributed by atoms with van der Waals surface area (Å²) in [6.45, 7) is 6.60. The third kappa shape index (κ3) is 4.42. The van der Waals surface area contributed by atoms with Gasteiger partial charge in [-0.2, -0.15) is 0 Å². The van der Waals surface area contributed by atoms with E-state index >= 15 is 0 Å². The largest absolute Gasteiger partial charge is 0.493 e. The molecule has 5 heteroatoms. The van der Waals surface area contributed by atoms with Crippen molar-refractivity contribution in [1.82, 2.24) is 4.90 Å². The van der Waals surface area contributed by atoms with Crippen LogP contribution in [0.5, 0.6) is 11.5 Å². The van der Waals surface area contributed by atoms with Crippen molar-refractivity contribution in [2.75, 3.05) is 32.6 Å². The molecule has 2 aromatic carbocycles. The summed E-state index contributed by atoms with van der Waals surface area (Å²) in [6.07, 6.45) is 1.43. The molecular weight excluding hydrogens is 340 g/mol. The summed E-state index contributed by atoms with van der Waals surface area (Å²) < 4.78 is 10.8. The zero-order valence-corrected chi connectivity index (χ0v) is 16.6. The molecule has 1 N–H and O–H groups in total. The molecule has 0 aromatic heterocycles. The zero-order valence-electron chi connectivity index (χ0n) is 16.6. The maximum absolute atomic E-state index is 12.4. The first-order valence-electron chi connectivity index (χ1n) is 9.34. The smallest absolute Gasteiger partial charge is 0.225 e. The van der Waals surface area contributed by atoms with E-state index in [0.717, 1.165) is 48.8 Å². The molecular formula is C22H28N2O3. The number of fused-ring (bicyclic) bond motifs is 1. The molecule has 1 aliphatic heterocycles. The molecule has 1 aliphatic rings. The van der Waals surface area contributed by atoms with Crippen molar-refractivity contribution in [3.63, 3.8) is 0 Å². The summed E-state index contributed by atoms with van der Waals surface area (Å²) >= 11 is 0. The Morgan fingerprint density at radius 2 is 1.81 bits per heavy atom. The molecule has 0 saturated heterocycles. The normalized spacial score (nSPS) is 13.8. The first-order chi connectivity index (χ1) is 13.0. The van der Waals surface area contributed by atoms with Gasteiger partial charge in [-0.3, -0.25) is 9.69 Å². The van der Waals surface area contributed by atoms with Gasteiger partial charge >= 0.3 is 0 Å². The van der Waals surface area contributed by atoms with Crippen molar-refractivity contribution in [3.05, 3.63) is 52.6 Å². The van der Waals surface area contributed by atoms with Gasteiger partial charge in [-0.05, 0) is 60.7 Å². The fourth-order valence-corrected chi connectivity index (χ4v) is 3.49. The Balaban J connectivity index is 1.58. The summed E-state index contributed by atoms with van der Waals surface area (Å²) in [5.41, 5.74) is 5.75. The molecule has 0 radical (unpaired) electrons. The topological polar surface area (TPSA) is 50.8 Å². The molecule has 0 saturated carbocycles. The van der Waals surface area contributed by atoms with Crippen LogP contribution in [-0.2, 0) is 17.8 Å². The predicted molar refractivity (Wildman–Crippen MR) is 108 cm³/mol. The third-order valence-electron chi connectivity index (χ3n) is 5.33. The summed E-state index contributed by atoms with van der Waals surface area (Å²) in [6, 6.07) is 10.1. The van der Waals surface area contributed by atoms with Gasteiger partial charge < -0.3 is 14.8 Å². The molecule has 0 atom stereocenters. The van der Waals surface area contributed by atoms with Gasteiger partial charge in [0.25, 0.3) is 0 Å². The summed E-state index contributed by atoms with van der Waals surface area (Å²) in [4.78, 5) is 14.7. The highest BCUT2D eigenvalue weighted by Gasteiger charge is 2.20. The number of anilines is 1. The number of benzene rings is 2. The van der Waals surface area contributed by atoms with Gasteiger partial charge in [-0.15, -0.1) is 0 Å². The Bertz CT molecular complexity index is 833. The van der Waals surface area contributed by atoms with Crippen LogP contribution in [0.2, 0.25) is 0 Å². The van der Waals surface area contributed by atoms with Crippen molar-refractivity contribution >= 4 is 11.6 Å². The Labute approximate surface area is 161 Å². The lowest BCUT2D eigenvalue weighted by molar-refractivity contribution is -0.116. The molecule has 1 amide bonds. The molecule has 2 aromatic rings. The van der Waals surface area contributed by atoms with Crippen LogP contribution in [0.3, 0.4) is 0 Å². The summed E-state index contributed by atoms with van der Waals surface area (Å²) in [5, 5.41) is 3.04. The van der Waals surface area contributed by atoms with Crippen LogP contribution >= 0.6 is 0 Å². The summed E-state index contributed by atoms with van der Waals surface area (Å²) in [7, 11) is 3.32. The maximum atomic E-state index is 12.4. The average Bonchev–Trinajstić information content (AvgIpc) is 2.68. The molecule has 27 heavy (non-hydrogen) atoms. The molecule has 1 heterocycles. The number of nitrogens with zero attached hydrogens (tertiary/aromatic N) is 1. The van der Waals surface area contributed by atoms with E-state index in [0.29, 0.717) is 6.42 Å². The van der Waals surface area contributed by atoms with Crippen LogP contribution < -0.4 is 14.8 Å². The number of rotatable bonds is 6. The Morgan fingerprint density at radius 1 is 1.11 bits per heavy atom. The fourth-order valence-electron chi connectivity index (χ4n) is 3.49. The van der Waals surface area contributed by atoms with Crippen molar-refractivity contribution < 1.29 is 14.3 Å². The lowest BCUT2D eigenvalue weighted by Crippen LogP contribution is -2.33. The Hall–Kier alpha value is -2.53. The lowest BCUT2D eigenvalue weighted by Gasteiger charge is -2.29. The standard InChI is InChI=1S/C22H28N2O3/c1-15-6-5-7-19(16(15)2)23-22(25)9-11-24-10-8-17-12-20(26-3)21(27-4)13-18(17)14-24/h5-7,12-13H,8-11,14H2,1-4H3,(H,23,25). The molecule has 0 unspecified atom stereocenters. The van der Waals surface area contributed by atoms with E-state index in [2.05, 4.69) is 35.3 Å². The number of hydrogen-bond acceptors (Lipinski definition) is 4. The third-order valence-corrected chi connectivity index (χ3v) is 5.33. The molecule has 3 rings (SSSR count). The Kier molecular flexibility index (Phi) is 6.01. The minimum atomic E-state index is 0.0572. The number of carbonyl (C=O) groups excluding carboxylic acids is 1. The van der Waals surface area contributed by atoms with Crippen LogP contribution in [-0.4, -0.2) is 38.1 Å². The number of carbonyl (C=O) groups is 1. The van der Waals surface area contributed by atoms with Gasteiger partial charge in [-0.1, -0.05) is 12.1 Å². The highest BCUT2D eigenvalue weighted by Crippen LogP contribution is 2.33. The monoisotopic (exact) mass is 368 g/mol. The highest BCUT2D eigenvalue weighted by atomic mass is 16.5. The van der Waals surface area contributed by atoms with Crippen LogP contribution in [0.1, 0.15) is 28.7 Å². The molecule has 144 valence electrons. The second-order valence-corrected chi connectivity index (χ2v) is 7.05. The molecule has 0 spiro atoms. The van der Waals surface area contributed by atoms with Gasteiger partial charge in [0.1, 0.15) is 0 Å². The van der Waals surface area contributed by atoms with E-state index < -0.39 is 0 Å². The lowest BCUT2D eigenvalue weighted by atomic mass is 9.98. The SMILES string of the molecule is COc1cc2c(cc1OC)CN(CCC(=O)Nc1cccc(C)c1C)CC2. The summed E-state index contributed by atoms with van der Waals surface area (Å²) in [5.74, 6) is 1.59. The van der Waals surface area contributed by atoms with E-state index in [1.165, 1.54) is 16.7 Å². The van der Waals surface area contributed by atoms with E-state index in [1.807, 2.05) is 19.1 Å². The fraction of sp³-hybridized carbons (Fsp3) is 0.409. The minimum absolute atomic E-state index is 0.0572. The molecule has 0 bridgehead atoms. The average molecular weight is 368 g/mol. The quantitative estimate of drug-likeness (QED) is 0.845. The van der Waals surface area contributed by atoms with Crippen LogP contribution in [0.4, 0.5) is 5.69 Å². The van der Waals surface area contributed by atoms with E-state index in [9.17, 15) is 4.79 Å². The van der Waals surface area contributed by atoms with Gasteiger partial charge in [0, 0.05) is 31.7 Å². The van der Waals surface area contributed by atoms with Gasteiger partial charge in [-0.25, -0.2) is 0 Å². The highest BCUT2D eigenvalue weighted by molar-refractivity contribution is 5.91. The molecule has 5 nitrogen and oxygen atoms in total. The second-order valence-electron chi connectivity index (χ2n) is 7.05. The number of hydrogen-bond donors (Lipinski definition) is 1. The first-order valence-corrected chi connectivity index (χ1v) is 9.34. The van der Waals surface area contributed by atoms with Crippen LogP contribution in [0, 0.1) is 13.8 Å². The number of aryl methyl sites for hydroxylation is 1. The number of nitrogens with one attached hydrogen (secondary N) is 1. The number of methoxy groups -OCH3 is 2. The Morgan fingerprint density at radius 3 is 2.52 bits per heavy atom. The van der Waals surface area contributed by atoms with Gasteiger partial charge in [0.15, 0.2) is 11.5 Å². The number of amides is 1. The van der Waals surface area contributed by atoms with E-state index in [-0.39, 0.29) is 5.91 Å². The minimum Gasteiger partial charge on any atom is -0.493 e. The van der Waals surface area contributed by atoms with Gasteiger partial charge in [0.05, 0.1) is 14.2 Å².